The largest absolute Gasteiger partial charge is 0.393 e. The molecule has 0 saturated heterocycles. The van der Waals surface area contributed by atoms with Crippen LogP contribution in [-0.4, -0.2) is 60.1 Å². The number of likely N-dealkylation sites (N-methyl/N-ethyl adjacent to an activating group) is 1. The van der Waals surface area contributed by atoms with Gasteiger partial charge < -0.3 is 14.9 Å². The van der Waals surface area contributed by atoms with Gasteiger partial charge in [-0.25, -0.2) is 0 Å². The summed E-state index contributed by atoms with van der Waals surface area (Å²) >= 11 is 0. The van der Waals surface area contributed by atoms with E-state index in [1.165, 1.54) is 32.1 Å². The van der Waals surface area contributed by atoms with Crippen molar-refractivity contribution in [2.24, 2.45) is 40.4 Å². The van der Waals surface area contributed by atoms with Gasteiger partial charge in [0.2, 0.25) is 5.91 Å². The molecule has 4 nitrogen and oxygen atoms in total. The first-order valence-corrected chi connectivity index (χ1v) is 13.7. The molecule has 10 unspecified atom stereocenters. The van der Waals surface area contributed by atoms with Crippen molar-refractivity contribution < 1.29 is 9.90 Å². The number of nitrogens with zero attached hydrogens (tertiary/aromatic N) is 2. The van der Waals surface area contributed by atoms with Gasteiger partial charge in [-0.2, -0.15) is 0 Å². The molecular weight excluding hydrogens is 408 g/mol. The number of hydrogen-bond acceptors (Lipinski definition) is 3. The molecule has 10 atom stereocenters. The van der Waals surface area contributed by atoms with Crippen molar-refractivity contribution in [1.29, 1.82) is 0 Å². The smallest absolute Gasteiger partial charge is 0.246 e. The second kappa shape index (κ2) is 8.97. The van der Waals surface area contributed by atoms with E-state index in [1.54, 1.807) is 6.08 Å². The zero-order valence-electron chi connectivity index (χ0n) is 22.6. The van der Waals surface area contributed by atoms with Crippen LogP contribution in [0.25, 0.3) is 0 Å². The number of hydrogen-bond donors (Lipinski definition) is 1. The zero-order chi connectivity index (χ0) is 24.3. The summed E-state index contributed by atoms with van der Waals surface area (Å²) in [4.78, 5) is 17.0. The monoisotopic (exact) mass is 458 g/mol. The van der Waals surface area contributed by atoms with Gasteiger partial charge in [0.15, 0.2) is 0 Å². The Bertz CT molecular complexity index is 774. The van der Waals surface area contributed by atoms with Gasteiger partial charge in [-0.3, -0.25) is 4.79 Å². The fourth-order valence-corrected chi connectivity index (χ4v) is 9.26. The van der Waals surface area contributed by atoms with Gasteiger partial charge in [0, 0.05) is 30.6 Å². The number of rotatable bonds is 4. The summed E-state index contributed by atoms with van der Waals surface area (Å²) in [6, 6.07) is 0.876. The molecule has 0 heterocycles. The molecule has 1 amide bonds. The lowest BCUT2D eigenvalue weighted by molar-refractivity contribution is -0.172. The fourth-order valence-electron chi connectivity index (χ4n) is 9.26. The quantitative estimate of drug-likeness (QED) is 0.577. The van der Waals surface area contributed by atoms with Gasteiger partial charge in [0.05, 0.1) is 6.10 Å². The third-order valence-electron chi connectivity index (χ3n) is 11.5. The number of allylic oxidation sites excluding steroid dienone is 1. The summed E-state index contributed by atoms with van der Waals surface area (Å²) in [6.07, 6.45) is 11.2. The molecule has 4 aliphatic carbocycles. The van der Waals surface area contributed by atoms with Crippen molar-refractivity contribution in [3.63, 3.8) is 0 Å². The van der Waals surface area contributed by atoms with Crippen LogP contribution in [0.2, 0.25) is 0 Å². The first kappa shape index (κ1) is 25.2. The molecule has 4 aliphatic rings. The molecule has 4 rings (SSSR count). The van der Waals surface area contributed by atoms with Crippen LogP contribution in [0.1, 0.15) is 86.0 Å². The number of carbonyl (C=O) groups excluding carboxylic acids is 1. The molecule has 0 aromatic carbocycles. The lowest BCUT2D eigenvalue weighted by atomic mass is 9.43. The topological polar surface area (TPSA) is 43.8 Å². The second-order valence-electron chi connectivity index (χ2n) is 13.3. The summed E-state index contributed by atoms with van der Waals surface area (Å²) in [5, 5.41) is 11.7. The summed E-state index contributed by atoms with van der Waals surface area (Å²) in [7, 11) is 6.40. The Balaban J connectivity index is 1.53. The molecule has 4 fully saturated rings. The van der Waals surface area contributed by atoms with Crippen LogP contribution < -0.4 is 0 Å². The Morgan fingerprint density at radius 3 is 2.33 bits per heavy atom. The van der Waals surface area contributed by atoms with Gasteiger partial charge in [-0.05, 0) is 121 Å². The highest BCUT2D eigenvalue weighted by Crippen LogP contribution is 2.68. The van der Waals surface area contributed by atoms with Crippen LogP contribution in [0.4, 0.5) is 0 Å². The van der Waals surface area contributed by atoms with Gasteiger partial charge >= 0.3 is 0 Å². The van der Waals surface area contributed by atoms with Crippen LogP contribution in [0.3, 0.4) is 0 Å². The van der Waals surface area contributed by atoms with E-state index < -0.39 is 0 Å². The predicted molar refractivity (Wildman–Crippen MR) is 136 cm³/mol. The minimum Gasteiger partial charge on any atom is -0.393 e. The molecule has 33 heavy (non-hydrogen) atoms. The van der Waals surface area contributed by atoms with E-state index in [2.05, 4.69) is 39.8 Å². The molecule has 0 spiro atoms. The van der Waals surface area contributed by atoms with Crippen molar-refractivity contribution in [3.05, 3.63) is 11.6 Å². The van der Waals surface area contributed by atoms with Crippen molar-refractivity contribution in [3.8, 4) is 0 Å². The van der Waals surface area contributed by atoms with E-state index in [9.17, 15) is 9.90 Å². The van der Waals surface area contributed by atoms with Gasteiger partial charge in [0.25, 0.3) is 0 Å². The van der Waals surface area contributed by atoms with Crippen LogP contribution in [-0.2, 0) is 4.79 Å². The number of fused-ring (bicyclic) bond motifs is 5. The molecule has 4 heteroatoms. The number of carbonyl (C=O) groups is 1. The molecule has 0 aromatic heterocycles. The average Bonchev–Trinajstić information content (AvgIpc) is 3.11. The molecule has 0 aliphatic heterocycles. The molecular formula is C29H50N2O2. The lowest BCUT2D eigenvalue weighted by Gasteiger charge is -2.63. The van der Waals surface area contributed by atoms with Crippen LogP contribution in [0, 0.1) is 40.4 Å². The summed E-state index contributed by atoms with van der Waals surface area (Å²) in [6.45, 7) is 11.3. The Morgan fingerprint density at radius 2 is 1.70 bits per heavy atom. The molecule has 4 saturated carbocycles. The predicted octanol–water partition coefficient (Wildman–Crippen LogP) is 5.36. The highest BCUT2D eigenvalue weighted by Gasteiger charge is 2.64. The van der Waals surface area contributed by atoms with Crippen molar-refractivity contribution >= 4 is 5.91 Å². The Morgan fingerprint density at radius 1 is 1.00 bits per heavy atom. The number of amides is 1. The van der Waals surface area contributed by atoms with Crippen molar-refractivity contribution in [2.75, 3.05) is 21.1 Å². The third-order valence-corrected chi connectivity index (χ3v) is 11.5. The SMILES string of the molecule is CC(C)=CC(=O)N(C)C1CCC2(C)C(CCC3C2CC(O)C2(C)C3CCC2C(C)N(C)C)C1. The van der Waals surface area contributed by atoms with Gasteiger partial charge in [-0.1, -0.05) is 19.4 Å². The Hall–Kier alpha value is -0.870. The first-order valence-electron chi connectivity index (χ1n) is 13.7. The summed E-state index contributed by atoms with van der Waals surface area (Å²) < 4.78 is 0. The average molecular weight is 459 g/mol. The van der Waals surface area contributed by atoms with Gasteiger partial charge in [0.1, 0.15) is 0 Å². The van der Waals surface area contributed by atoms with Crippen LogP contribution in [0.15, 0.2) is 11.6 Å². The van der Waals surface area contributed by atoms with E-state index in [0.29, 0.717) is 41.2 Å². The molecule has 0 radical (unpaired) electrons. The zero-order valence-corrected chi connectivity index (χ0v) is 22.6. The van der Waals surface area contributed by atoms with Gasteiger partial charge in [-0.15, -0.1) is 0 Å². The maximum Gasteiger partial charge on any atom is 0.246 e. The number of aliphatic hydroxyl groups is 1. The van der Waals surface area contributed by atoms with E-state index >= 15 is 0 Å². The molecule has 188 valence electrons. The highest BCUT2D eigenvalue weighted by molar-refractivity contribution is 5.88. The maximum atomic E-state index is 12.7. The van der Waals surface area contributed by atoms with Crippen LogP contribution >= 0.6 is 0 Å². The van der Waals surface area contributed by atoms with E-state index in [1.807, 2.05) is 25.8 Å². The third kappa shape index (κ3) is 4.01. The Labute approximate surface area is 203 Å². The van der Waals surface area contributed by atoms with Crippen molar-refractivity contribution in [2.45, 2.75) is 104 Å². The number of aliphatic hydroxyl groups excluding tert-OH is 1. The lowest BCUT2D eigenvalue weighted by Crippen LogP contribution is -2.60. The molecule has 0 bridgehead atoms. The normalized spacial score (nSPS) is 45.6. The highest BCUT2D eigenvalue weighted by atomic mass is 16.3. The van der Waals surface area contributed by atoms with Crippen molar-refractivity contribution in [1.82, 2.24) is 9.80 Å². The molecule has 0 aromatic rings. The van der Waals surface area contributed by atoms with Crippen LogP contribution in [0.5, 0.6) is 0 Å². The van der Waals surface area contributed by atoms with E-state index in [-0.39, 0.29) is 17.4 Å². The fraction of sp³-hybridized carbons (Fsp3) is 0.897. The standard InChI is InChI=1S/C29H50N2O2/c1-18(2)15-27(33)31(8)21-13-14-28(4)20(16-21)9-10-22-24-12-11-23(19(3)30(6)7)29(24,5)26(32)17-25(22)28/h15,19-26,32H,9-14,16-17H2,1-8H3. The summed E-state index contributed by atoms with van der Waals surface area (Å²) in [5.74, 6) is 3.49. The first-order chi connectivity index (χ1) is 15.4. The second-order valence-corrected chi connectivity index (χ2v) is 13.3. The minimum atomic E-state index is -0.186. The summed E-state index contributed by atoms with van der Waals surface area (Å²) in [5.41, 5.74) is 1.45. The Kier molecular flexibility index (Phi) is 6.86. The van der Waals surface area contributed by atoms with E-state index in [0.717, 1.165) is 30.8 Å². The maximum absolute atomic E-state index is 12.7. The minimum absolute atomic E-state index is 0.0578. The van der Waals surface area contributed by atoms with E-state index in [4.69, 9.17) is 0 Å². The molecule has 1 N–H and O–H groups in total.